The Morgan fingerprint density at radius 2 is 1.11 bits per heavy atom. The maximum absolute atomic E-state index is 6.62. The zero-order valence-electron chi connectivity index (χ0n) is 30.7. The number of hydrogen-bond acceptors (Lipinski definition) is 4. The lowest BCUT2D eigenvalue weighted by molar-refractivity contribution is 0.667. The summed E-state index contributed by atoms with van der Waals surface area (Å²) in [7, 11) is 0. The highest BCUT2D eigenvalue weighted by molar-refractivity contribution is 6.19. The molecule has 0 radical (unpaired) electrons. The summed E-state index contributed by atoms with van der Waals surface area (Å²) >= 11 is 0. The zero-order chi connectivity index (χ0) is 37.5. The van der Waals surface area contributed by atoms with Gasteiger partial charge in [-0.25, -0.2) is 4.99 Å². The van der Waals surface area contributed by atoms with Crippen LogP contribution >= 0.6 is 0 Å². The van der Waals surface area contributed by atoms with Crippen molar-refractivity contribution in [2.45, 2.75) is 6.17 Å². The molecule has 1 aliphatic heterocycles. The van der Waals surface area contributed by atoms with E-state index < -0.39 is 0 Å². The molecule has 1 unspecified atom stereocenters. The molecule has 6 nitrogen and oxygen atoms in total. The third-order valence-corrected chi connectivity index (χ3v) is 11.4. The molecule has 0 aliphatic carbocycles. The second kappa shape index (κ2) is 12.4. The van der Waals surface area contributed by atoms with E-state index in [-0.39, 0.29) is 6.17 Å². The molecule has 0 saturated heterocycles. The van der Waals surface area contributed by atoms with Crippen molar-refractivity contribution >= 4 is 77.3 Å². The van der Waals surface area contributed by atoms with E-state index in [1.165, 1.54) is 32.7 Å². The first-order valence-corrected chi connectivity index (χ1v) is 19.3. The normalized spacial score (nSPS) is 14.5. The largest absolute Gasteiger partial charge is 0.456 e. The molecule has 8 aromatic carbocycles. The van der Waals surface area contributed by atoms with Crippen LogP contribution in [0.15, 0.2) is 202 Å². The molecule has 57 heavy (non-hydrogen) atoms. The van der Waals surface area contributed by atoms with Gasteiger partial charge in [0.25, 0.3) is 0 Å². The van der Waals surface area contributed by atoms with Gasteiger partial charge in [-0.1, -0.05) is 127 Å². The second-order valence-electron chi connectivity index (χ2n) is 14.6. The van der Waals surface area contributed by atoms with Gasteiger partial charge < -0.3 is 14.3 Å². The van der Waals surface area contributed by atoms with E-state index in [2.05, 4.69) is 196 Å². The molecule has 268 valence electrons. The summed E-state index contributed by atoms with van der Waals surface area (Å²) in [6.07, 6.45) is -0.332. The zero-order valence-corrected chi connectivity index (χ0v) is 30.7. The van der Waals surface area contributed by atoms with E-state index in [4.69, 9.17) is 14.4 Å². The third-order valence-electron chi connectivity index (χ3n) is 11.4. The first kappa shape index (κ1) is 31.6. The molecule has 0 spiro atoms. The fraction of sp³-hybridized carbons (Fsp3) is 0.0196. The van der Waals surface area contributed by atoms with Crippen molar-refractivity contribution in [3.63, 3.8) is 0 Å². The van der Waals surface area contributed by atoms with Gasteiger partial charge in [-0.15, -0.1) is 0 Å². The monoisotopic (exact) mass is 731 g/mol. The predicted molar refractivity (Wildman–Crippen MR) is 235 cm³/mol. The van der Waals surface area contributed by atoms with Crippen LogP contribution in [0.1, 0.15) is 17.3 Å². The summed E-state index contributed by atoms with van der Waals surface area (Å²) in [6, 6.07) is 66.1. The number of para-hydroxylation sites is 3. The van der Waals surface area contributed by atoms with Crippen LogP contribution in [-0.4, -0.2) is 20.9 Å². The lowest BCUT2D eigenvalue weighted by Gasteiger charge is -2.24. The summed E-state index contributed by atoms with van der Waals surface area (Å²) in [5, 5.41) is 10.6. The van der Waals surface area contributed by atoms with E-state index in [1.807, 2.05) is 6.07 Å². The SMILES string of the molecule is c1ccc(-c2cccc3c2c2ccccc2n3-c2ccc3c(c2)oc2ccc(C4=NC(n5c6ccccc6c6ccccc65)=NC(c5ccccc5)N4)cc23)cc1. The van der Waals surface area contributed by atoms with Crippen LogP contribution in [0.25, 0.3) is 82.4 Å². The van der Waals surface area contributed by atoms with Crippen molar-refractivity contribution in [3.8, 4) is 16.8 Å². The molecular formula is C51H33N5O. The Kier molecular flexibility index (Phi) is 6.89. The standard InChI is InChI=1S/C51H33N5O/c1-3-14-32(15-4-1)36-21-13-25-45-48(36)40-20-9-12-24-44(40)55(45)35-27-28-39-41-30-34(26-29-46(41)57-47(39)31-35)50-52-49(33-16-5-2-6-17-33)53-51(54-50)56-42-22-10-7-18-37(42)38-19-8-11-23-43(38)56/h1-31,49H,(H,52,53,54). The van der Waals surface area contributed by atoms with E-state index in [0.717, 1.165) is 66.7 Å². The summed E-state index contributed by atoms with van der Waals surface area (Å²) in [5.41, 5.74) is 11.6. The molecular weight excluding hydrogens is 699 g/mol. The van der Waals surface area contributed by atoms with Gasteiger partial charge in [0, 0.05) is 49.6 Å². The average Bonchev–Trinajstić information content (AvgIpc) is 3.94. The Morgan fingerprint density at radius 1 is 0.456 bits per heavy atom. The Labute approximate surface area is 327 Å². The van der Waals surface area contributed by atoms with Crippen LogP contribution in [0.2, 0.25) is 0 Å². The summed E-state index contributed by atoms with van der Waals surface area (Å²) in [5.74, 6) is 1.39. The predicted octanol–water partition coefficient (Wildman–Crippen LogP) is 12.4. The molecule has 1 N–H and O–H groups in total. The molecule has 0 fully saturated rings. The van der Waals surface area contributed by atoms with Gasteiger partial charge in [0.2, 0.25) is 5.96 Å². The molecule has 1 atom stereocenters. The summed E-state index contributed by atoms with van der Waals surface area (Å²) in [6.45, 7) is 0. The van der Waals surface area contributed by atoms with E-state index in [0.29, 0.717) is 5.96 Å². The third kappa shape index (κ3) is 4.90. The number of benzene rings is 8. The van der Waals surface area contributed by atoms with Crippen molar-refractivity contribution < 1.29 is 4.42 Å². The van der Waals surface area contributed by atoms with Crippen LogP contribution in [0, 0.1) is 0 Å². The Bertz CT molecular complexity index is 3390. The van der Waals surface area contributed by atoms with Crippen LogP contribution < -0.4 is 5.32 Å². The molecule has 6 heteroatoms. The minimum Gasteiger partial charge on any atom is -0.456 e. The number of rotatable bonds is 4. The fourth-order valence-electron chi connectivity index (χ4n) is 8.83. The minimum atomic E-state index is -0.332. The lowest BCUT2D eigenvalue weighted by atomic mass is 9.99. The van der Waals surface area contributed by atoms with Crippen molar-refractivity contribution in [1.29, 1.82) is 0 Å². The molecule has 0 amide bonds. The maximum Gasteiger partial charge on any atom is 0.234 e. The number of nitrogens with zero attached hydrogens (tertiary/aromatic N) is 4. The number of hydrogen-bond donors (Lipinski definition) is 1. The molecule has 1 aliphatic rings. The van der Waals surface area contributed by atoms with Crippen LogP contribution in [0.5, 0.6) is 0 Å². The van der Waals surface area contributed by atoms with Crippen molar-refractivity contribution in [2.75, 3.05) is 0 Å². The maximum atomic E-state index is 6.62. The van der Waals surface area contributed by atoms with Gasteiger partial charge >= 0.3 is 0 Å². The number of fused-ring (bicyclic) bond motifs is 9. The number of aliphatic imine (C=N–C) groups is 2. The highest BCUT2D eigenvalue weighted by Gasteiger charge is 2.24. The van der Waals surface area contributed by atoms with Gasteiger partial charge in [-0.3, -0.25) is 4.57 Å². The summed E-state index contributed by atoms with van der Waals surface area (Å²) < 4.78 is 11.2. The molecule has 0 saturated carbocycles. The summed E-state index contributed by atoms with van der Waals surface area (Å²) in [4.78, 5) is 10.5. The van der Waals surface area contributed by atoms with Crippen LogP contribution in [-0.2, 0) is 0 Å². The Hall–Kier alpha value is -7.70. The first-order valence-electron chi connectivity index (χ1n) is 19.3. The lowest BCUT2D eigenvalue weighted by Crippen LogP contribution is -2.35. The number of nitrogens with one attached hydrogen (secondary N) is 1. The van der Waals surface area contributed by atoms with Crippen molar-refractivity contribution in [2.24, 2.45) is 9.98 Å². The van der Waals surface area contributed by atoms with Crippen LogP contribution in [0.3, 0.4) is 0 Å². The van der Waals surface area contributed by atoms with Crippen molar-refractivity contribution in [3.05, 3.63) is 199 Å². The number of aromatic nitrogens is 2. The van der Waals surface area contributed by atoms with E-state index in [9.17, 15) is 0 Å². The fourth-order valence-corrected chi connectivity index (χ4v) is 8.83. The van der Waals surface area contributed by atoms with Gasteiger partial charge in [-0.2, -0.15) is 4.99 Å². The number of furan rings is 1. The quantitative estimate of drug-likeness (QED) is 0.196. The van der Waals surface area contributed by atoms with Crippen molar-refractivity contribution in [1.82, 2.24) is 14.5 Å². The van der Waals surface area contributed by atoms with E-state index in [1.54, 1.807) is 0 Å². The highest BCUT2D eigenvalue weighted by Crippen LogP contribution is 2.40. The second-order valence-corrected chi connectivity index (χ2v) is 14.6. The van der Waals surface area contributed by atoms with Gasteiger partial charge in [0.05, 0.1) is 22.1 Å². The number of amidine groups is 1. The molecule has 11 aromatic rings. The topological polar surface area (TPSA) is 59.8 Å². The van der Waals surface area contributed by atoms with Gasteiger partial charge in [0.1, 0.15) is 23.2 Å². The van der Waals surface area contributed by atoms with E-state index >= 15 is 0 Å². The average molecular weight is 732 g/mol. The van der Waals surface area contributed by atoms with Gasteiger partial charge in [-0.05, 0) is 71.3 Å². The van der Waals surface area contributed by atoms with Crippen LogP contribution in [0.4, 0.5) is 0 Å². The minimum absolute atomic E-state index is 0.332. The molecule has 12 rings (SSSR count). The molecule has 0 bridgehead atoms. The van der Waals surface area contributed by atoms with Gasteiger partial charge in [0.15, 0.2) is 0 Å². The smallest absolute Gasteiger partial charge is 0.234 e. The Morgan fingerprint density at radius 3 is 1.86 bits per heavy atom. The molecule has 3 aromatic heterocycles. The first-order chi connectivity index (χ1) is 28.3. The Balaban J connectivity index is 1.00. The molecule has 4 heterocycles. The highest BCUT2D eigenvalue weighted by atomic mass is 16.3.